The van der Waals surface area contributed by atoms with Crippen LogP contribution in [0.2, 0.25) is 0 Å². The number of hydrogen-bond donors (Lipinski definition) is 0. The van der Waals surface area contributed by atoms with Gasteiger partial charge in [-0.25, -0.2) is 0 Å². The van der Waals surface area contributed by atoms with E-state index in [9.17, 15) is 14.4 Å². The van der Waals surface area contributed by atoms with E-state index in [1.807, 2.05) is 0 Å². The molecule has 0 fully saturated rings. The number of esters is 3. The molecule has 0 aromatic heterocycles. The van der Waals surface area contributed by atoms with Crippen LogP contribution in [0.25, 0.3) is 0 Å². The molecule has 6 nitrogen and oxygen atoms in total. The summed E-state index contributed by atoms with van der Waals surface area (Å²) < 4.78 is 16.8. The first-order valence-electron chi connectivity index (χ1n) is 25.8. The molecule has 61 heavy (non-hydrogen) atoms. The summed E-state index contributed by atoms with van der Waals surface area (Å²) in [5.41, 5.74) is 0. The highest BCUT2D eigenvalue weighted by molar-refractivity contribution is 5.71. The topological polar surface area (TPSA) is 78.9 Å². The molecule has 0 bridgehead atoms. The summed E-state index contributed by atoms with van der Waals surface area (Å²) in [5.74, 6) is -0.907. The summed E-state index contributed by atoms with van der Waals surface area (Å²) in [6.07, 6.45) is 60.6. The molecular formula is C55H96O6. The smallest absolute Gasteiger partial charge is 0.306 e. The van der Waals surface area contributed by atoms with Gasteiger partial charge in [0.1, 0.15) is 13.2 Å². The molecule has 0 aromatic carbocycles. The van der Waals surface area contributed by atoms with Gasteiger partial charge in [-0.15, -0.1) is 0 Å². The van der Waals surface area contributed by atoms with Gasteiger partial charge in [0.25, 0.3) is 0 Å². The van der Waals surface area contributed by atoms with E-state index < -0.39 is 6.10 Å². The van der Waals surface area contributed by atoms with Gasteiger partial charge in [0, 0.05) is 19.3 Å². The lowest BCUT2D eigenvalue weighted by Crippen LogP contribution is -2.30. The molecule has 0 rings (SSSR count). The number of hydrogen-bond acceptors (Lipinski definition) is 6. The van der Waals surface area contributed by atoms with Gasteiger partial charge >= 0.3 is 17.9 Å². The molecular weight excluding hydrogens is 757 g/mol. The molecule has 0 aliphatic heterocycles. The number of rotatable bonds is 46. The normalized spacial score (nSPS) is 12.5. The highest BCUT2D eigenvalue weighted by Gasteiger charge is 2.19. The maximum absolute atomic E-state index is 12.8. The molecule has 0 saturated carbocycles. The van der Waals surface area contributed by atoms with Gasteiger partial charge < -0.3 is 14.2 Å². The zero-order chi connectivity index (χ0) is 44.4. The van der Waals surface area contributed by atoms with Gasteiger partial charge in [0.2, 0.25) is 0 Å². The predicted octanol–water partition coefficient (Wildman–Crippen LogP) is 16.9. The first kappa shape index (κ1) is 58.1. The lowest BCUT2D eigenvalue weighted by atomic mass is 10.1. The van der Waals surface area contributed by atoms with Gasteiger partial charge in [0.15, 0.2) is 6.10 Å². The van der Waals surface area contributed by atoms with Crippen molar-refractivity contribution < 1.29 is 28.6 Å². The summed E-state index contributed by atoms with van der Waals surface area (Å²) in [6.45, 7) is 6.45. The highest BCUT2D eigenvalue weighted by atomic mass is 16.6. The summed E-state index contributed by atoms with van der Waals surface area (Å²) in [6, 6.07) is 0. The first-order valence-corrected chi connectivity index (χ1v) is 25.8. The number of allylic oxidation sites excluding steroid dienone is 10. The molecule has 352 valence electrons. The van der Waals surface area contributed by atoms with Gasteiger partial charge in [0.05, 0.1) is 0 Å². The Labute approximate surface area is 377 Å². The standard InChI is InChI=1S/C55H96O6/c1-4-7-10-13-16-19-22-24-26-27-29-30-33-36-39-42-45-48-54(57)60-51-52(50-59-53(56)47-44-41-38-35-32-21-18-15-12-9-6-3)61-55(58)49-46-43-40-37-34-31-28-25-23-20-17-14-11-8-5-2/h8,11,14-15,17-18,20,23-24,26,52H,4-7,9-10,12-13,16,19,21-22,25,27-51H2,1-3H3/b11-8-,17-14-,18-15-,23-20-,26-24-. The van der Waals surface area contributed by atoms with Crippen molar-refractivity contribution in [1.82, 2.24) is 0 Å². The van der Waals surface area contributed by atoms with Crippen LogP contribution in [0, 0.1) is 0 Å². The van der Waals surface area contributed by atoms with Crippen LogP contribution in [0.15, 0.2) is 60.8 Å². The fourth-order valence-electron chi connectivity index (χ4n) is 7.12. The van der Waals surface area contributed by atoms with Crippen molar-refractivity contribution in [1.29, 1.82) is 0 Å². The Hall–Kier alpha value is -2.89. The van der Waals surface area contributed by atoms with Gasteiger partial charge in [-0.1, -0.05) is 210 Å². The Balaban J connectivity index is 4.37. The third kappa shape index (κ3) is 48.0. The second-order valence-corrected chi connectivity index (χ2v) is 17.1. The highest BCUT2D eigenvalue weighted by Crippen LogP contribution is 2.14. The van der Waals surface area contributed by atoms with Crippen LogP contribution in [0.5, 0.6) is 0 Å². The minimum absolute atomic E-state index is 0.0838. The predicted molar refractivity (Wildman–Crippen MR) is 261 cm³/mol. The van der Waals surface area contributed by atoms with E-state index in [0.717, 1.165) is 77.0 Å². The van der Waals surface area contributed by atoms with E-state index in [1.165, 1.54) is 135 Å². The Morgan fingerprint density at radius 2 is 0.672 bits per heavy atom. The number of carbonyl (C=O) groups is 3. The molecule has 0 N–H and O–H groups in total. The van der Waals surface area contributed by atoms with Crippen molar-refractivity contribution in [2.45, 2.75) is 258 Å². The molecule has 0 aliphatic carbocycles. The Kier molecular flexibility index (Phi) is 47.4. The number of ether oxygens (including phenoxy) is 3. The average Bonchev–Trinajstić information content (AvgIpc) is 3.26. The van der Waals surface area contributed by atoms with Crippen LogP contribution < -0.4 is 0 Å². The summed E-state index contributed by atoms with van der Waals surface area (Å²) in [7, 11) is 0. The monoisotopic (exact) mass is 853 g/mol. The maximum Gasteiger partial charge on any atom is 0.306 e. The lowest BCUT2D eigenvalue weighted by molar-refractivity contribution is -0.167. The SMILES string of the molecule is CC\C=C/C=C\C=C/CCCCCCCCCC(=O)OC(COC(=O)CCCCCCC/C=C\CCCC)COC(=O)CCCCCCCCC/C=C\CCCCCCCC. The second kappa shape index (κ2) is 49.8. The zero-order valence-electron chi connectivity index (χ0n) is 40.2. The van der Waals surface area contributed by atoms with E-state index in [0.29, 0.717) is 19.3 Å². The third-order valence-corrected chi connectivity index (χ3v) is 11.0. The first-order chi connectivity index (χ1) is 30.0. The number of unbranched alkanes of at least 4 members (excludes halogenated alkanes) is 27. The van der Waals surface area contributed by atoms with E-state index in [2.05, 4.69) is 81.5 Å². The molecule has 0 amide bonds. The van der Waals surface area contributed by atoms with Crippen LogP contribution in [0.1, 0.15) is 252 Å². The van der Waals surface area contributed by atoms with Gasteiger partial charge in [-0.2, -0.15) is 0 Å². The van der Waals surface area contributed by atoms with Crippen molar-refractivity contribution in [3.8, 4) is 0 Å². The summed E-state index contributed by atoms with van der Waals surface area (Å²) in [5, 5.41) is 0. The Bertz CT molecular complexity index is 1120. The van der Waals surface area contributed by atoms with Crippen molar-refractivity contribution in [2.24, 2.45) is 0 Å². The molecule has 0 spiro atoms. The van der Waals surface area contributed by atoms with Crippen molar-refractivity contribution in [2.75, 3.05) is 13.2 Å². The molecule has 1 unspecified atom stereocenters. The maximum atomic E-state index is 12.8. The molecule has 0 aliphatic rings. The van der Waals surface area contributed by atoms with E-state index in [-0.39, 0.29) is 31.1 Å². The van der Waals surface area contributed by atoms with Crippen LogP contribution in [0.4, 0.5) is 0 Å². The lowest BCUT2D eigenvalue weighted by Gasteiger charge is -2.18. The fraction of sp³-hybridized carbons (Fsp3) is 0.764. The molecule has 0 aromatic rings. The minimum atomic E-state index is -0.784. The number of carbonyl (C=O) groups excluding carboxylic acids is 3. The van der Waals surface area contributed by atoms with Crippen LogP contribution in [-0.4, -0.2) is 37.2 Å². The van der Waals surface area contributed by atoms with Crippen LogP contribution >= 0.6 is 0 Å². The molecule has 6 heteroatoms. The van der Waals surface area contributed by atoms with Crippen molar-refractivity contribution >= 4 is 17.9 Å². The molecule has 0 radical (unpaired) electrons. The van der Waals surface area contributed by atoms with E-state index >= 15 is 0 Å². The largest absolute Gasteiger partial charge is 0.462 e. The van der Waals surface area contributed by atoms with Gasteiger partial charge in [-0.05, 0) is 83.5 Å². The Morgan fingerprint density at radius 1 is 0.344 bits per heavy atom. The van der Waals surface area contributed by atoms with Crippen LogP contribution in [0.3, 0.4) is 0 Å². The zero-order valence-corrected chi connectivity index (χ0v) is 40.2. The van der Waals surface area contributed by atoms with E-state index in [4.69, 9.17) is 14.2 Å². The molecule has 0 saturated heterocycles. The minimum Gasteiger partial charge on any atom is -0.462 e. The van der Waals surface area contributed by atoms with E-state index in [1.54, 1.807) is 0 Å². The fourth-order valence-corrected chi connectivity index (χ4v) is 7.12. The van der Waals surface area contributed by atoms with Gasteiger partial charge in [-0.3, -0.25) is 14.4 Å². The molecule has 1 atom stereocenters. The second-order valence-electron chi connectivity index (χ2n) is 17.1. The Morgan fingerprint density at radius 3 is 1.08 bits per heavy atom. The summed E-state index contributed by atoms with van der Waals surface area (Å²) >= 11 is 0. The molecule has 0 heterocycles. The van der Waals surface area contributed by atoms with Crippen molar-refractivity contribution in [3.63, 3.8) is 0 Å². The average molecular weight is 853 g/mol. The van der Waals surface area contributed by atoms with Crippen LogP contribution in [-0.2, 0) is 28.6 Å². The quantitative estimate of drug-likeness (QED) is 0.0200. The summed E-state index contributed by atoms with van der Waals surface area (Å²) in [4.78, 5) is 37.9. The third-order valence-electron chi connectivity index (χ3n) is 11.0. The van der Waals surface area contributed by atoms with Crippen molar-refractivity contribution in [3.05, 3.63) is 60.8 Å².